The molecule has 0 aliphatic heterocycles. The van der Waals surface area contributed by atoms with Crippen LogP contribution in [0, 0.1) is 19.8 Å². The van der Waals surface area contributed by atoms with E-state index in [1.165, 1.54) is 11.3 Å². The molecule has 0 spiro atoms. The lowest BCUT2D eigenvalue weighted by Crippen LogP contribution is -2.33. The SMILES string of the molecule is Cc1cc(C)n(CC(C)CN=C(N)NCCc2ccccc2)n1. The lowest BCUT2D eigenvalue weighted by Gasteiger charge is -2.11. The van der Waals surface area contributed by atoms with E-state index in [4.69, 9.17) is 5.73 Å². The number of nitrogens with zero attached hydrogens (tertiary/aromatic N) is 3. The Bertz CT molecular complexity index is 630. The summed E-state index contributed by atoms with van der Waals surface area (Å²) in [5, 5.41) is 7.65. The number of aromatic nitrogens is 2. The average Bonchev–Trinajstić information content (AvgIpc) is 2.84. The van der Waals surface area contributed by atoms with Crippen LogP contribution >= 0.6 is 0 Å². The zero-order valence-electron chi connectivity index (χ0n) is 14.3. The molecular formula is C18H27N5. The second-order valence-electron chi connectivity index (χ2n) is 6.10. The molecule has 2 aromatic rings. The predicted octanol–water partition coefficient (Wildman–Crippen LogP) is 2.28. The average molecular weight is 313 g/mol. The van der Waals surface area contributed by atoms with Gasteiger partial charge in [-0.15, -0.1) is 0 Å². The molecule has 5 heteroatoms. The van der Waals surface area contributed by atoms with E-state index in [0.29, 0.717) is 18.4 Å². The predicted molar refractivity (Wildman–Crippen MR) is 95.5 cm³/mol. The van der Waals surface area contributed by atoms with Crippen molar-refractivity contribution in [3.8, 4) is 0 Å². The van der Waals surface area contributed by atoms with Crippen LogP contribution in [0.3, 0.4) is 0 Å². The molecular weight excluding hydrogens is 286 g/mol. The Hall–Kier alpha value is -2.30. The van der Waals surface area contributed by atoms with Crippen LogP contribution in [0.1, 0.15) is 23.9 Å². The van der Waals surface area contributed by atoms with Crippen LogP contribution in [0.15, 0.2) is 41.4 Å². The molecule has 1 heterocycles. The molecule has 2 rings (SSSR count). The van der Waals surface area contributed by atoms with Crippen LogP contribution in [0.2, 0.25) is 0 Å². The second kappa shape index (κ2) is 8.36. The number of aliphatic imine (C=N–C) groups is 1. The van der Waals surface area contributed by atoms with Crippen molar-refractivity contribution in [3.63, 3.8) is 0 Å². The van der Waals surface area contributed by atoms with E-state index in [1.54, 1.807) is 0 Å². The van der Waals surface area contributed by atoms with Crippen LogP contribution in [-0.4, -0.2) is 28.8 Å². The molecule has 1 aromatic carbocycles. The zero-order valence-corrected chi connectivity index (χ0v) is 14.3. The van der Waals surface area contributed by atoms with E-state index >= 15 is 0 Å². The third-order valence-electron chi connectivity index (χ3n) is 3.72. The lowest BCUT2D eigenvalue weighted by molar-refractivity contribution is 0.450. The number of hydrogen-bond donors (Lipinski definition) is 2. The van der Waals surface area contributed by atoms with Crippen molar-refractivity contribution in [3.05, 3.63) is 53.3 Å². The third kappa shape index (κ3) is 5.77. The van der Waals surface area contributed by atoms with Crippen molar-refractivity contribution >= 4 is 5.96 Å². The first-order chi connectivity index (χ1) is 11.0. The van der Waals surface area contributed by atoms with Gasteiger partial charge in [-0.2, -0.15) is 5.10 Å². The Morgan fingerprint density at radius 3 is 2.70 bits per heavy atom. The first-order valence-electron chi connectivity index (χ1n) is 8.13. The second-order valence-corrected chi connectivity index (χ2v) is 6.10. The maximum Gasteiger partial charge on any atom is 0.188 e. The molecule has 0 aliphatic rings. The van der Waals surface area contributed by atoms with Crippen LogP contribution in [0.25, 0.3) is 0 Å². The maximum atomic E-state index is 5.93. The van der Waals surface area contributed by atoms with Gasteiger partial charge in [-0.05, 0) is 37.8 Å². The van der Waals surface area contributed by atoms with Crippen molar-refractivity contribution in [2.75, 3.05) is 13.1 Å². The van der Waals surface area contributed by atoms with Gasteiger partial charge in [0.15, 0.2) is 5.96 Å². The van der Waals surface area contributed by atoms with E-state index in [1.807, 2.05) is 29.8 Å². The van der Waals surface area contributed by atoms with Crippen molar-refractivity contribution in [1.29, 1.82) is 0 Å². The van der Waals surface area contributed by atoms with Crippen molar-refractivity contribution in [1.82, 2.24) is 15.1 Å². The number of rotatable bonds is 7. The summed E-state index contributed by atoms with van der Waals surface area (Å²) >= 11 is 0. The highest BCUT2D eigenvalue weighted by Gasteiger charge is 2.06. The monoisotopic (exact) mass is 313 g/mol. The fraction of sp³-hybridized carbons (Fsp3) is 0.444. The third-order valence-corrected chi connectivity index (χ3v) is 3.72. The molecule has 0 radical (unpaired) electrons. The largest absolute Gasteiger partial charge is 0.370 e. The van der Waals surface area contributed by atoms with Gasteiger partial charge in [-0.25, -0.2) is 0 Å². The minimum Gasteiger partial charge on any atom is -0.370 e. The molecule has 0 saturated heterocycles. The highest BCUT2D eigenvalue weighted by molar-refractivity contribution is 5.77. The van der Waals surface area contributed by atoms with E-state index < -0.39 is 0 Å². The number of nitrogens with one attached hydrogen (secondary N) is 1. The van der Waals surface area contributed by atoms with Gasteiger partial charge in [0.25, 0.3) is 0 Å². The van der Waals surface area contributed by atoms with Gasteiger partial charge < -0.3 is 11.1 Å². The summed E-state index contributed by atoms with van der Waals surface area (Å²) < 4.78 is 2.04. The summed E-state index contributed by atoms with van der Waals surface area (Å²) in [5.74, 6) is 0.906. The van der Waals surface area contributed by atoms with E-state index in [9.17, 15) is 0 Å². The molecule has 1 aromatic heterocycles. The van der Waals surface area contributed by atoms with E-state index in [-0.39, 0.29) is 0 Å². The quantitative estimate of drug-likeness (QED) is 0.609. The van der Waals surface area contributed by atoms with Gasteiger partial charge in [0.1, 0.15) is 0 Å². The topological polar surface area (TPSA) is 68.2 Å². The summed E-state index contributed by atoms with van der Waals surface area (Å²) in [6, 6.07) is 12.4. The molecule has 5 nitrogen and oxygen atoms in total. The lowest BCUT2D eigenvalue weighted by atomic mass is 10.1. The Morgan fingerprint density at radius 1 is 1.30 bits per heavy atom. The Kier molecular flexibility index (Phi) is 6.20. The molecule has 1 atom stereocenters. The Balaban J connectivity index is 1.72. The zero-order chi connectivity index (χ0) is 16.7. The molecule has 0 amide bonds. The minimum atomic E-state index is 0.391. The standard InChI is InChI=1S/C18H27N5/c1-14(13-23-16(3)11-15(2)22-23)12-21-18(19)20-10-9-17-7-5-4-6-8-17/h4-8,11,14H,9-10,12-13H2,1-3H3,(H3,19,20,21). The first kappa shape index (κ1) is 17.1. The molecule has 124 valence electrons. The first-order valence-corrected chi connectivity index (χ1v) is 8.13. The molecule has 23 heavy (non-hydrogen) atoms. The van der Waals surface area contributed by atoms with Gasteiger partial charge in [0, 0.05) is 25.3 Å². The molecule has 0 saturated carbocycles. The minimum absolute atomic E-state index is 0.391. The van der Waals surface area contributed by atoms with Crippen LogP contribution in [0.5, 0.6) is 0 Å². The number of aryl methyl sites for hydroxylation is 2. The van der Waals surface area contributed by atoms with Crippen LogP contribution < -0.4 is 11.1 Å². The van der Waals surface area contributed by atoms with Crippen molar-refractivity contribution < 1.29 is 0 Å². The Morgan fingerprint density at radius 2 is 2.04 bits per heavy atom. The number of hydrogen-bond acceptors (Lipinski definition) is 2. The summed E-state index contributed by atoms with van der Waals surface area (Å²) in [4.78, 5) is 4.43. The maximum absolute atomic E-state index is 5.93. The number of guanidine groups is 1. The summed E-state index contributed by atoms with van der Waals surface area (Å²) in [7, 11) is 0. The fourth-order valence-electron chi connectivity index (χ4n) is 2.50. The van der Waals surface area contributed by atoms with E-state index in [2.05, 4.69) is 47.5 Å². The van der Waals surface area contributed by atoms with Gasteiger partial charge in [-0.3, -0.25) is 9.67 Å². The summed E-state index contributed by atoms with van der Waals surface area (Å²) in [6.07, 6.45) is 0.943. The number of nitrogens with two attached hydrogens (primary N) is 1. The fourth-order valence-corrected chi connectivity index (χ4v) is 2.50. The van der Waals surface area contributed by atoms with Gasteiger partial charge >= 0.3 is 0 Å². The van der Waals surface area contributed by atoms with E-state index in [0.717, 1.165) is 25.2 Å². The van der Waals surface area contributed by atoms with Crippen LogP contribution in [0.4, 0.5) is 0 Å². The van der Waals surface area contributed by atoms with Gasteiger partial charge in [-0.1, -0.05) is 37.3 Å². The van der Waals surface area contributed by atoms with Gasteiger partial charge in [0.2, 0.25) is 0 Å². The molecule has 1 unspecified atom stereocenters. The van der Waals surface area contributed by atoms with Gasteiger partial charge in [0.05, 0.1) is 5.69 Å². The van der Waals surface area contributed by atoms with Crippen molar-refractivity contribution in [2.24, 2.45) is 16.6 Å². The molecule has 0 aliphatic carbocycles. The summed E-state index contributed by atoms with van der Waals surface area (Å²) in [6.45, 7) is 8.61. The summed E-state index contributed by atoms with van der Waals surface area (Å²) in [5.41, 5.74) is 9.47. The molecule has 0 fully saturated rings. The molecule has 0 bridgehead atoms. The Labute approximate surface area is 138 Å². The normalized spacial score (nSPS) is 13.1. The highest BCUT2D eigenvalue weighted by Crippen LogP contribution is 2.06. The van der Waals surface area contributed by atoms with Crippen molar-refractivity contribution in [2.45, 2.75) is 33.7 Å². The smallest absolute Gasteiger partial charge is 0.188 e. The number of benzene rings is 1. The highest BCUT2D eigenvalue weighted by atomic mass is 15.3. The molecule has 3 N–H and O–H groups in total. The van der Waals surface area contributed by atoms with Crippen LogP contribution in [-0.2, 0) is 13.0 Å².